The van der Waals surface area contributed by atoms with Gasteiger partial charge >= 0.3 is 12.1 Å². The molecule has 0 atom stereocenters. The maximum absolute atomic E-state index is 13.1. The summed E-state index contributed by atoms with van der Waals surface area (Å²) in [5.41, 5.74) is 1.93. The minimum absolute atomic E-state index is 0.0264. The molecule has 2 N–H and O–H groups in total. The van der Waals surface area contributed by atoms with Crippen LogP contribution in [0.3, 0.4) is 0 Å². The lowest BCUT2D eigenvalue weighted by molar-refractivity contribution is -0.186. The standard InChI is InChI=1S/C26H27ClF3N5O4S/c1-15(2)40(37,38)22-9-5-4-8-19(22)32-23-18(27)13-31-25(34-23)33-20-11-17-14-35(24(36)26(28,29)30)10-6-7-16(17)12-21(20)39-3/h4-5,8-9,11-13,15H,6-7,10,14H2,1-3H3,(H2,31,32,33,34). The summed E-state index contributed by atoms with van der Waals surface area (Å²) >= 11 is 6.31. The number of halogens is 4. The lowest BCUT2D eigenvalue weighted by Crippen LogP contribution is -2.40. The van der Waals surface area contributed by atoms with Crippen molar-refractivity contribution in [3.63, 3.8) is 0 Å². The number of nitrogens with one attached hydrogen (secondary N) is 2. The van der Waals surface area contributed by atoms with Crippen molar-refractivity contribution in [1.29, 1.82) is 0 Å². The number of nitrogens with zero attached hydrogens (tertiary/aromatic N) is 3. The Kier molecular flexibility index (Phi) is 8.45. The van der Waals surface area contributed by atoms with Gasteiger partial charge in [-0.2, -0.15) is 18.2 Å². The lowest BCUT2D eigenvalue weighted by Gasteiger charge is -2.22. The molecule has 1 amide bonds. The van der Waals surface area contributed by atoms with E-state index < -0.39 is 27.2 Å². The summed E-state index contributed by atoms with van der Waals surface area (Å²) in [5, 5.41) is 5.42. The molecule has 0 aliphatic carbocycles. The molecule has 0 saturated carbocycles. The third kappa shape index (κ3) is 6.25. The number of methoxy groups -OCH3 is 1. The summed E-state index contributed by atoms with van der Waals surface area (Å²) in [6, 6.07) is 9.67. The molecular formula is C26H27ClF3N5O4S. The largest absolute Gasteiger partial charge is 0.495 e. The highest BCUT2D eigenvalue weighted by molar-refractivity contribution is 7.92. The molecule has 1 aromatic heterocycles. The van der Waals surface area contributed by atoms with Gasteiger partial charge in [-0.15, -0.1) is 0 Å². The first kappa shape index (κ1) is 29.4. The quantitative estimate of drug-likeness (QED) is 0.359. The van der Waals surface area contributed by atoms with E-state index in [1.807, 2.05) is 0 Å². The van der Waals surface area contributed by atoms with E-state index in [0.29, 0.717) is 29.8 Å². The first-order valence-corrected chi connectivity index (χ1v) is 14.2. The van der Waals surface area contributed by atoms with Gasteiger partial charge in [-0.05, 0) is 62.1 Å². The number of aromatic nitrogens is 2. The second-order valence-electron chi connectivity index (χ2n) is 9.38. The van der Waals surface area contributed by atoms with Crippen molar-refractivity contribution >= 4 is 50.5 Å². The zero-order chi connectivity index (χ0) is 29.2. The number of carbonyl (C=O) groups is 1. The van der Waals surface area contributed by atoms with Crippen LogP contribution in [0, 0.1) is 0 Å². The van der Waals surface area contributed by atoms with E-state index in [4.69, 9.17) is 16.3 Å². The van der Waals surface area contributed by atoms with Crippen LogP contribution < -0.4 is 15.4 Å². The number of ether oxygens (including phenoxy) is 1. The molecule has 14 heteroatoms. The molecule has 4 rings (SSSR count). The third-order valence-corrected chi connectivity index (χ3v) is 8.83. The van der Waals surface area contributed by atoms with Crippen LogP contribution >= 0.6 is 11.6 Å². The zero-order valence-electron chi connectivity index (χ0n) is 21.8. The topological polar surface area (TPSA) is 114 Å². The van der Waals surface area contributed by atoms with Crippen LogP contribution in [0.2, 0.25) is 5.02 Å². The van der Waals surface area contributed by atoms with Crippen LogP contribution in [0.1, 0.15) is 31.4 Å². The van der Waals surface area contributed by atoms with Gasteiger partial charge in [-0.25, -0.2) is 13.4 Å². The molecule has 0 radical (unpaired) electrons. The minimum Gasteiger partial charge on any atom is -0.495 e. The van der Waals surface area contributed by atoms with Crippen LogP contribution in [0.25, 0.3) is 0 Å². The van der Waals surface area contributed by atoms with Crippen molar-refractivity contribution in [1.82, 2.24) is 14.9 Å². The molecule has 1 aliphatic rings. The fourth-order valence-corrected chi connectivity index (χ4v) is 5.59. The molecule has 0 bridgehead atoms. The van der Waals surface area contributed by atoms with Crippen molar-refractivity contribution in [3.8, 4) is 5.75 Å². The fraction of sp³-hybridized carbons (Fsp3) is 0.346. The van der Waals surface area contributed by atoms with E-state index in [9.17, 15) is 26.4 Å². The Morgan fingerprint density at radius 3 is 2.52 bits per heavy atom. The first-order chi connectivity index (χ1) is 18.8. The van der Waals surface area contributed by atoms with Crippen molar-refractivity contribution in [3.05, 3.63) is 58.7 Å². The molecule has 40 heavy (non-hydrogen) atoms. The Morgan fingerprint density at radius 1 is 1.12 bits per heavy atom. The summed E-state index contributed by atoms with van der Waals surface area (Å²) in [6.07, 6.45) is -2.81. The number of hydrogen-bond donors (Lipinski definition) is 2. The van der Waals surface area contributed by atoms with Gasteiger partial charge < -0.3 is 20.3 Å². The molecule has 214 valence electrons. The van der Waals surface area contributed by atoms with Crippen molar-refractivity contribution in [2.45, 2.75) is 49.6 Å². The smallest absolute Gasteiger partial charge is 0.471 e. The summed E-state index contributed by atoms with van der Waals surface area (Å²) in [4.78, 5) is 21.3. The van der Waals surface area contributed by atoms with Gasteiger partial charge in [0.15, 0.2) is 15.7 Å². The van der Waals surface area contributed by atoms with Gasteiger partial charge in [0.05, 0.1) is 34.8 Å². The van der Waals surface area contributed by atoms with Gasteiger partial charge in [0.1, 0.15) is 10.8 Å². The van der Waals surface area contributed by atoms with Crippen LogP contribution in [0.5, 0.6) is 5.75 Å². The van der Waals surface area contributed by atoms with Crippen molar-refractivity contribution in [2.24, 2.45) is 0 Å². The van der Waals surface area contributed by atoms with E-state index >= 15 is 0 Å². The third-order valence-electron chi connectivity index (χ3n) is 6.34. The summed E-state index contributed by atoms with van der Waals surface area (Å²) in [6.45, 7) is 2.92. The maximum Gasteiger partial charge on any atom is 0.471 e. The normalized spacial score (nSPS) is 13.9. The molecule has 2 aromatic carbocycles. The van der Waals surface area contributed by atoms with E-state index in [-0.39, 0.29) is 40.5 Å². The highest BCUT2D eigenvalue weighted by Gasteiger charge is 2.42. The number of alkyl halides is 3. The maximum atomic E-state index is 13.1. The Balaban J connectivity index is 1.65. The number of para-hydroxylation sites is 1. The van der Waals surface area contributed by atoms with Crippen LogP contribution in [-0.4, -0.2) is 54.3 Å². The van der Waals surface area contributed by atoms with Crippen molar-refractivity contribution in [2.75, 3.05) is 24.3 Å². The number of anilines is 4. The Morgan fingerprint density at radius 2 is 1.85 bits per heavy atom. The number of fused-ring (bicyclic) bond motifs is 1. The van der Waals surface area contributed by atoms with Crippen LogP contribution in [-0.2, 0) is 27.6 Å². The number of aryl methyl sites for hydroxylation is 1. The molecule has 0 saturated heterocycles. The van der Waals surface area contributed by atoms with E-state index in [1.165, 1.54) is 19.4 Å². The summed E-state index contributed by atoms with van der Waals surface area (Å²) in [7, 11) is -2.17. The summed E-state index contributed by atoms with van der Waals surface area (Å²) < 4.78 is 70.5. The fourth-order valence-electron chi connectivity index (χ4n) is 4.25. The van der Waals surface area contributed by atoms with Gasteiger partial charge in [-0.3, -0.25) is 4.79 Å². The van der Waals surface area contributed by atoms with Crippen LogP contribution in [0.4, 0.5) is 36.3 Å². The average molecular weight is 598 g/mol. The number of amides is 1. The van der Waals surface area contributed by atoms with Gasteiger partial charge in [0, 0.05) is 13.1 Å². The molecular weight excluding hydrogens is 571 g/mol. The predicted octanol–water partition coefficient (Wildman–Crippen LogP) is 5.65. The lowest BCUT2D eigenvalue weighted by atomic mass is 10.0. The number of rotatable bonds is 7. The molecule has 9 nitrogen and oxygen atoms in total. The highest BCUT2D eigenvalue weighted by Crippen LogP contribution is 2.35. The monoisotopic (exact) mass is 597 g/mol. The Bertz CT molecular complexity index is 1530. The zero-order valence-corrected chi connectivity index (χ0v) is 23.4. The SMILES string of the molecule is COc1cc2c(cc1Nc1ncc(Cl)c(Nc3ccccc3S(=O)(=O)C(C)C)n1)CN(C(=O)C(F)(F)F)CCC2. The van der Waals surface area contributed by atoms with Crippen molar-refractivity contribution < 1.29 is 31.1 Å². The second kappa shape index (κ2) is 11.5. The van der Waals surface area contributed by atoms with E-state index in [0.717, 1.165) is 10.5 Å². The molecule has 0 spiro atoms. The highest BCUT2D eigenvalue weighted by atomic mass is 35.5. The predicted molar refractivity (Wildman–Crippen MR) is 145 cm³/mol. The molecule has 2 heterocycles. The Labute approximate surface area is 234 Å². The van der Waals surface area contributed by atoms with Crippen LogP contribution in [0.15, 0.2) is 47.5 Å². The van der Waals surface area contributed by atoms with E-state index in [1.54, 1.807) is 44.2 Å². The number of carbonyl (C=O) groups excluding carboxylic acids is 1. The molecule has 0 fully saturated rings. The van der Waals surface area contributed by atoms with Gasteiger partial charge in [0.2, 0.25) is 5.95 Å². The summed E-state index contributed by atoms with van der Waals surface area (Å²) in [5.74, 6) is -1.30. The molecule has 0 unspecified atom stereocenters. The average Bonchev–Trinajstić information content (AvgIpc) is 3.11. The Hall–Kier alpha value is -3.58. The molecule has 3 aromatic rings. The first-order valence-electron chi connectivity index (χ1n) is 12.3. The number of hydrogen-bond acceptors (Lipinski definition) is 8. The van der Waals surface area contributed by atoms with Gasteiger partial charge in [-0.1, -0.05) is 23.7 Å². The second-order valence-corrected chi connectivity index (χ2v) is 12.3. The van der Waals surface area contributed by atoms with E-state index in [2.05, 4.69) is 20.6 Å². The molecule has 1 aliphatic heterocycles. The number of benzene rings is 2. The number of sulfone groups is 1. The van der Waals surface area contributed by atoms with Gasteiger partial charge in [0.25, 0.3) is 0 Å². The minimum atomic E-state index is -4.97.